The van der Waals surface area contributed by atoms with Gasteiger partial charge in [0.15, 0.2) is 5.84 Å². The SMILES string of the molecule is Cc1ncn(-c2ccnc(C(=O)Nc3cccc(C(=N)N(C=N)C4CC4)n3)c2)c1C. The predicted octanol–water partition coefficient (Wildman–Crippen LogP) is 2.93. The van der Waals surface area contributed by atoms with E-state index in [0.29, 0.717) is 11.5 Å². The fourth-order valence-corrected chi connectivity index (χ4v) is 3.11. The number of pyridine rings is 2. The first kappa shape index (κ1) is 19.4. The Bertz CT molecular complexity index is 1130. The second-order valence-corrected chi connectivity index (χ2v) is 7.16. The summed E-state index contributed by atoms with van der Waals surface area (Å²) in [4.78, 5) is 27.2. The van der Waals surface area contributed by atoms with Gasteiger partial charge in [0.25, 0.3) is 5.91 Å². The molecule has 1 aliphatic carbocycles. The molecule has 3 N–H and O–H groups in total. The molecule has 0 saturated heterocycles. The van der Waals surface area contributed by atoms with Crippen molar-refractivity contribution >= 4 is 23.9 Å². The van der Waals surface area contributed by atoms with Crippen LogP contribution in [0.2, 0.25) is 0 Å². The van der Waals surface area contributed by atoms with Crippen molar-refractivity contribution in [1.82, 2.24) is 24.4 Å². The molecule has 0 aliphatic heterocycles. The van der Waals surface area contributed by atoms with Gasteiger partial charge < -0.3 is 14.8 Å². The van der Waals surface area contributed by atoms with E-state index in [2.05, 4.69) is 20.3 Å². The lowest BCUT2D eigenvalue weighted by Crippen LogP contribution is -2.32. The van der Waals surface area contributed by atoms with Crippen LogP contribution >= 0.6 is 0 Å². The molecule has 1 saturated carbocycles. The number of hydrogen-bond donors (Lipinski definition) is 3. The molecule has 0 radical (unpaired) electrons. The Hall–Kier alpha value is -3.88. The van der Waals surface area contributed by atoms with Gasteiger partial charge in [0.05, 0.1) is 24.0 Å². The number of rotatable bonds is 6. The maximum absolute atomic E-state index is 12.7. The Morgan fingerprint density at radius 2 is 2.03 bits per heavy atom. The number of amides is 1. The number of amidine groups is 1. The standard InChI is InChI=1S/C21H22N8O/c1-13-14(2)29(12-25-13)16-8-9-24-18(10-16)21(30)27-19-5-3-4-17(26-19)20(23)28(11-22)15-6-7-15/h3-5,8-12,15,22-23H,6-7H2,1-2H3,(H,26,27,30). The van der Waals surface area contributed by atoms with Crippen LogP contribution in [0, 0.1) is 24.7 Å². The zero-order valence-corrected chi connectivity index (χ0v) is 16.8. The van der Waals surface area contributed by atoms with E-state index < -0.39 is 5.91 Å². The van der Waals surface area contributed by atoms with Crippen LogP contribution < -0.4 is 5.32 Å². The number of imidazole rings is 1. The molecule has 30 heavy (non-hydrogen) atoms. The van der Waals surface area contributed by atoms with E-state index in [-0.39, 0.29) is 17.6 Å². The smallest absolute Gasteiger partial charge is 0.275 e. The molecule has 0 unspecified atom stereocenters. The number of aromatic nitrogens is 4. The van der Waals surface area contributed by atoms with Crippen molar-refractivity contribution in [1.29, 1.82) is 10.8 Å². The van der Waals surface area contributed by atoms with Crippen molar-refractivity contribution in [2.24, 2.45) is 0 Å². The zero-order valence-electron chi connectivity index (χ0n) is 16.8. The summed E-state index contributed by atoms with van der Waals surface area (Å²) in [6.45, 7) is 3.89. The van der Waals surface area contributed by atoms with Gasteiger partial charge in [-0.2, -0.15) is 0 Å². The van der Waals surface area contributed by atoms with Gasteiger partial charge in [-0.3, -0.25) is 20.6 Å². The number of anilines is 1. The summed E-state index contributed by atoms with van der Waals surface area (Å²) < 4.78 is 1.90. The molecule has 4 rings (SSSR count). The van der Waals surface area contributed by atoms with Crippen molar-refractivity contribution in [3.8, 4) is 5.69 Å². The number of carbonyl (C=O) groups excluding carboxylic acids is 1. The maximum atomic E-state index is 12.7. The van der Waals surface area contributed by atoms with Crippen LogP contribution in [0.4, 0.5) is 5.82 Å². The summed E-state index contributed by atoms with van der Waals surface area (Å²) in [6, 6.07) is 8.78. The van der Waals surface area contributed by atoms with Crippen LogP contribution in [-0.2, 0) is 0 Å². The van der Waals surface area contributed by atoms with Crippen LogP contribution in [0.1, 0.15) is 40.4 Å². The summed E-state index contributed by atoms with van der Waals surface area (Å²) >= 11 is 0. The summed E-state index contributed by atoms with van der Waals surface area (Å²) in [7, 11) is 0. The molecular formula is C21H22N8O. The highest BCUT2D eigenvalue weighted by atomic mass is 16.1. The Morgan fingerprint density at radius 1 is 1.23 bits per heavy atom. The minimum Gasteiger partial charge on any atom is -0.313 e. The van der Waals surface area contributed by atoms with Crippen molar-refractivity contribution in [2.75, 3.05) is 5.32 Å². The number of nitrogens with zero attached hydrogens (tertiary/aromatic N) is 5. The number of nitrogens with one attached hydrogen (secondary N) is 3. The third kappa shape index (κ3) is 3.82. The quantitative estimate of drug-likeness (QED) is 0.432. The third-order valence-corrected chi connectivity index (χ3v) is 5.08. The zero-order chi connectivity index (χ0) is 21.3. The van der Waals surface area contributed by atoms with Crippen molar-refractivity contribution in [3.05, 3.63) is 65.6 Å². The molecular weight excluding hydrogens is 380 g/mol. The monoisotopic (exact) mass is 402 g/mol. The van der Waals surface area contributed by atoms with Crippen molar-refractivity contribution < 1.29 is 4.79 Å². The third-order valence-electron chi connectivity index (χ3n) is 5.08. The van der Waals surface area contributed by atoms with Crippen LogP contribution in [-0.4, -0.2) is 48.5 Å². The topological polar surface area (TPSA) is 124 Å². The first-order chi connectivity index (χ1) is 14.5. The molecule has 1 fully saturated rings. The van der Waals surface area contributed by atoms with Gasteiger partial charge in [0, 0.05) is 17.9 Å². The Balaban J connectivity index is 1.53. The van der Waals surface area contributed by atoms with Crippen LogP contribution in [0.3, 0.4) is 0 Å². The lowest BCUT2D eigenvalue weighted by Gasteiger charge is -2.18. The number of aryl methyl sites for hydroxylation is 1. The highest BCUT2D eigenvalue weighted by Gasteiger charge is 2.30. The predicted molar refractivity (Wildman–Crippen MR) is 113 cm³/mol. The lowest BCUT2D eigenvalue weighted by atomic mass is 10.2. The normalized spacial score (nSPS) is 13.0. The van der Waals surface area contributed by atoms with Crippen molar-refractivity contribution in [2.45, 2.75) is 32.7 Å². The van der Waals surface area contributed by atoms with Gasteiger partial charge in [-0.05, 0) is 51.0 Å². The van der Waals surface area contributed by atoms with E-state index in [1.165, 1.54) is 0 Å². The van der Waals surface area contributed by atoms with Gasteiger partial charge >= 0.3 is 0 Å². The van der Waals surface area contributed by atoms with Gasteiger partial charge in [-0.1, -0.05) is 6.07 Å². The first-order valence-corrected chi connectivity index (χ1v) is 9.61. The van der Waals surface area contributed by atoms with E-state index in [0.717, 1.165) is 36.3 Å². The fourth-order valence-electron chi connectivity index (χ4n) is 3.11. The molecule has 0 spiro atoms. The van der Waals surface area contributed by atoms with Gasteiger partial charge in [-0.25, -0.2) is 9.97 Å². The number of carbonyl (C=O) groups is 1. The highest BCUT2D eigenvalue weighted by molar-refractivity contribution is 6.04. The highest BCUT2D eigenvalue weighted by Crippen LogP contribution is 2.27. The van der Waals surface area contributed by atoms with E-state index in [1.807, 2.05) is 24.5 Å². The van der Waals surface area contributed by atoms with Crippen LogP contribution in [0.5, 0.6) is 0 Å². The molecule has 0 atom stereocenters. The molecule has 3 aromatic rings. The second-order valence-electron chi connectivity index (χ2n) is 7.16. The molecule has 3 aromatic heterocycles. The van der Waals surface area contributed by atoms with E-state index in [4.69, 9.17) is 10.8 Å². The van der Waals surface area contributed by atoms with Crippen molar-refractivity contribution in [3.63, 3.8) is 0 Å². The lowest BCUT2D eigenvalue weighted by molar-refractivity contribution is 0.102. The molecule has 1 aliphatic rings. The minimum absolute atomic E-state index is 0.148. The summed E-state index contributed by atoms with van der Waals surface area (Å²) in [6.07, 6.45) is 6.38. The molecule has 1 amide bonds. The average molecular weight is 402 g/mol. The van der Waals surface area contributed by atoms with Crippen LogP contribution in [0.15, 0.2) is 42.9 Å². The second kappa shape index (κ2) is 7.86. The van der Waals surface area contributed by atoms with E-state index in [1.54, 1.807) is 41.7 Å². The molecule has 9 nitrogen and oxygen atoms in total. The molecule has 0 bridgehead atoms. The minimum atomic E-state index is -0.395. The fraction of sp³-hybridized carbons (Fsp3) is 0.238. The van der Waals surface area contributed by atoms with Crippen LogP contribution in [0.25, 0.3) is 5.69 Å². The summed E-state index contributed by atoms with van der Waals surface area (Å²) in [5.41, 5.74) is 3.36. The molecule has 9 heteroatoms. The largest absolute Gasteiger partial charge is 0.313 e. The number of hydrogen-bond acceptors (Lipinski definition) is 6. The first-order valence-electron chi connectivity index (χ1n) is 9.61. The Labute approximate surface area is 173 Å². The Morgan fingerprint density at radius 3 is 2.70 bits per heavy atom. The van der Waals surface area contributed by atoms with Gasteiger partial charge in [0.2, 0.25) is 0 Å². The maximum Gasteiger partial charge on any atom is 0.275 e. The van der Waals surface area contributed by atoms with Gasteiger partial charge in [-0.15, -0.1) is 0 Å². The molecule has 0 aromatic carbocycles. The molecule has 152 valence electrons. The average Bonchev–Trinajstić information content (AvgIpc) is 3.54. The summed E-state index contributed by atoms with van der Waals surface area (Å²) in [5.74, 6) is 0.0770. The Kier molecular flexibility index (Phi) is 5.09. The summed E-state index contributed by atoms with van der Waals surface area (Å²) in [5, 5.41) is 18.6. The van der Waals surface area contributed by atoms with E-state index in [9.17, 15) is 4.79 Å². The van der Waals surface area contributed by atoms with Gasteiger partial charge in [0.1, 0.15) is 17.2 Å². The van der Waals surface area contributed by atoms with E-state index >= 15 is 0 Å². The molecule has 3 heterocycles.